The predicted molar refractivity (Wildman–Crippen MR) is 92.8 cm³/mol. The van der Waals surface area contributed by atoms with Crippen LogP contribution in [0.2, 0.25) is 10.0 Å². The van der Waals surface area contributed by atoms with E-state index in [2.05, 4.69) is 5.32 Å². The van der Waals surface area contributed by atoms with Crippen LogP contribution in [-0.4, -0.2) is 22.1 Å². The minimum Gasteiger partial charge on any atom is -0.506 e. The molecule has 24 heavy (non-hydrogen) atoms. The fourth-order valence-electron chi connectivity index (χ4n) is 2.29. The molecule has 3 N–H and O–H groups in total. The van der Waals surface area contributed by atoms with Gasteiger partial charge in [0.2, 0.25) is 5.91 Å². The van der Waals surface area contributed by atoms with Crippen molar-refractivity contribution in [3.63, 3.8) is 0 Å². The molecule has 0 bridgehead atoms. The molecule has 0 aromatic heterocycles. The average Bonchev–Trinajstić information content (AvgIpc) is 2.50. The van der Waals surface area contributed by atoms with Crippen LogP contribution in [0, 0.1) is 0 Å². The quantitative estimate of drug-likeness (QED) is 0.664. The summed E-state index contributed by atoms with van der Waals surface area (Å²) in [4.78, 5) is 23.3. The lowest BCUT2D eigenvalue weighted by Crippen LogP contribution is -2.17. The van der Waals surface area contributed by atoms with Gasteiger partial charge in [-0.1, -0.05) is 35.3 Å². The number of phenols is 1. The maximum absolute atomic E-state index is 12.2. The maximum Gasteiger partial charge on any atom is 0.303 e. The molecule has 0 heterocycles. The lowest BCUT2D eigenvalue weighted by atomic mass is 9.92. The lowest BCUT2D eigenvalue weighted by Gasteiger charge is -2.16. The van der Waals surface area contributed by atoms with E-state index >= 15 is 0 Å². The zero-order valence-electron chi connectivity index (χ0n) is 12.5. The Morgan fingerprint density at radius 1 is 1.00 bits per heavy atom. The van der Waals surface area contributed by atoms with E-state index in [-0.39, 0.29) is 24.3 Å². The Balaban J connectivity index is 2.13. The van der Waals surface area contributed by atoms with Crippen molar-refractivity contribution >= 4 is 40.8 Å². The molecule has 0 saturated heterocycles. The van der Waals surface area contributed by atoms with Crippen LogP contribution in [0.25, 0.3) is 0 Å². The molecule has 0 aliphatic carbocycles. The molecule has 0 aliphatic rings. The van der Waals surface area contributed by atoms with Gasteiger partial charge in [-0.15, -0.1) is 0 Å². The lowest BCUT2D eigenvalue weighted by molar-refractivity contribution is -0.137. The number of rotatable bonds is 6. The number of amides is 1. The molecule has 0 radical (unpaired) electrons. The van der Waals surface area contributed by atoms with Gasteiger partial charge in [-0.25, -0.2) is 0 Å². The first-order valence-corrected chi connectivity index (χ1v) is 7.86. The van der Waals surface area contributed by atoms with Gasteiger partial charge in [-0.2, -0.15) is 0 Å². The van der Waals surface area contributed by atoms with E-state index < -0.39 is 17.8 Å². The third-order valence-corrected chi connectivity index (χ3v) is 3.91. The monoisotopic (exact) mass is 367 g/mol. The van der Waals surface area contributed by atoms with Gasteiger partial charge in [0.25, 0.3) is 0 Å². The van der Waals surface area contributed by atoms with Gasteiger partial charge < -0.3 is 15.5 Å². The number of nitrogens with one attached hydrogen (secondary N) is 1. The number of hydrogen-bond donors (Lipinski definition) is 3. The van der Waals surface area contributed by atoms with Crippen LogP contribution in [0.4, 0.5) is 5.69 Å². The second-order valence-corrected chi connectivity index (χ2v) is 6.13. The molecule has 0 fully saturated rings. The first kappa shape index (κ1) is 18.1. The second kappa shape index (κ2) is 8.04. The summed E-state index contributed by atoms with van der Waals surface area (Å²) in [5.74, 6) is -2.06. The van der Waals surface area contributed by atoms with Gasteiger partial charge in [0.05, 0.1) is 12.1 Å². The zero-order chi connectivity index (χ0) is 17.7. The zero-order valence-corrected chi connectivity index (χ0v) is 14.0. The summed E-state index contributed by atoms with van der Waals surface area (Å²) in [6.07, 6.45) is -0.254. The van der Waals surface area contributed by atoms with Crippen LogP contribution in [0.5, 0.6) is 5.75 Å². The van der Waals surface area contributed by atoms with E-state index in [4.69, 9.17) is 28.3 Å². The molecule has 2 rings (SSSR count). The number of carboxylic acids is 1. The van der Waals surface area contributed by atoms with E-state index in [0.717, 1.165) is 0 Å². The van der Waals surface area contributed by atoms with Crippen LogP contribution in [-0.2, 0) is 9.59 Å². The normalized spacial score (nSPS) is 11.8. The Morgan fingerprint density at radius 2 is 1.62 bits per heavy atom. The van der Waals surface area contributed by atoms with Crippen molar-refractivity contribution in [1.29, 1.82) is 0 Å². The van der Waals surface area contributed by atoms with E-state index in [1.165, 1.54) is 18.2 Å². The van der Waals surface area contributed by atoms with Crippen LogP contribution in [0.1, 0.15) is 24.3 Å². The van der Waals surface area contributed by atoms with Gasteiger partial charge in [0, 0.05) is 22.4 Å². The molecule has 0 spiro atoms. The molecule has 1 unspecified atom stereocenters. The highest BCUT2D eigenvalue weighted by molar-refractivity contribution is 6.31. The number of halogens is 2. The summed E-state index contributed by atoms with van der Waals surface area (Å²) >= 11 is 11.7. The van der Waals surface area contributed by atoms with Crippen LogP contribution < -0.4 is 5.32 Å². The molecule has 2 aromatic carbocycles. The Labute approximate surface area is 148 Å². The molecular formula is C17H15Cl2NO4. The number of phenolic OH excluding ortho intramolecular Hbond substituents is 1. The molecule has 1 amide bonds. The summed E-state index contributed by atoms with van der Waals surface area (Å²) < 4.78 is 0. The number of anilines is 1. The standard InChI is InChI=1S/C17H15Cl2NO4/c18-12-3-1-10(2-4-12)11(8-17(23)24)7-16(22)20-14-9-13(19)5-6-15(14)21/h1-6,9,11,21H,7-8H2,(H,20,22)(H,23,24). The number of aliphatic carboxylic acids is 1. The van der Waals surface area contributed by atoms with Crippen molar-refractivity contribution in [2.24, 2.45) is 0 Å². The Hall–Kier alpha value is -2.24. The number of carbonyl (C=O) groups is 2. The summed E-state index contributed by atoms with van der Waals surface area (Å²) in [7, 11) is 0. The molecular weight excluding hydrogens is 353 g/mol. The van der Waals surface area contributed by atoms with Crippen molar-refractivity contribution in [1.82, 2.24) is 0 Å². The van der Waals surface area contributed by atoms with Gasteiger partial charge in [-0.3, -0.25) is 9.59 Å². The van der Waals surface area contributed by atoms with Crippen LogP contribution in [0.3, 0.4) is 0 Å². The largest absolute Gasteiger partial charge is 0.506 e. The van der Waals surface area contributed by atoms with E-state index in [9.17, 15) is 14.7 Å². The van der Waals surface area contributed by atoms with Crippen LogP contribution in [0.15, 0.2) is 42.5 Å². The molecule has 0 saturated carbocycles. The fraction of sp³-hybridized carbons (Fsp3) is 0.176. The Kier molecular flexibility index (Phi) is 6.06. The Bertz CT molecular complexity index is 747. The predicted octanol–water partition coefficient (Wildman–Crippen LogP) is 4.29. The van der Waals surface area contributed by atoms with Crippen molar-refractivity contribution in [2.75, 3.05) is 5.32 Å². The highest BCUT2D eigenvalue weighted by Crippen LogP contribution is 2.29. The molecule has 7 heteroatoms. The molecule has 0 aliphatic heterocycles. The van der Waals surface area contributed by atoms with Gasteiger partial charge in [0.15, 0.2) is 0 Å². The second-order valence-electron chi connectivity index (χ2n) is 5.26. The highest BCUT2D eigenvalue weighted by Gasteiger charge is 2.20. The van der Waals surface area contributed by atoms with Crippen molar-refractivity contribution in [2.45, 2.75) is 18.8 Å². The molecule has 126 valence electrons. The number of carbonyl (C=O) groups excluding carboxylic acids is 1. The molecule has 2 aromatic rings. The van der Waals surface area contributed by atoms with E-state index in [1.807, 2.05) is 0 Å². The third kappa shape index (κ3) is 5.15. The van der Waals surface area contributed by atoms with E-state index in [1.54, 1.807) is 24.3 Å². The number of carboxylic acid groups (broad SMARTS) is 1. The molecule has 5 nitrogen and oxygen atoms in total. The number of aromatic hydroxyl groups is 1. The van der Waals surface area contributed by atoms with Gasteiger partial charge in [-0.05, 0) is 35.9 Å². The van der Waals surface area contributed by atoms with E-state index in [0.29, 0.717) is 15.6 Å². The van der Waals surface area contributed by atoms with Gasteiger partial charge in [0.1, 0.15) is 5.75 Å². The average molecular weight is 368 g/mol. The highest BCUT2D eigenvalue weighted by atomic mass is 35.5. The number of benzene rings is 2. The topological polar surface area (TPSA) is 86.6 Å². The van der Waals surface area contributed by atoms with Crippen molar-refractivity contribution < 1.29 is 19.8 Å². The minimum absolute atomic E-state index is 0.0557. The number of hydrogen-bond acceptors (Lipinski definition) is 3. The third-order valence-electron chi connectivity index (χ3n) is 3.43. The molecule has 1 atom stereocenters. The smallest absolute Gasteiger partial charge is 0.303 e. The summed E-state index contributed by atoms with van der Waals surface area (Å²) in [6.45, 7) is 0. The minimum atomic E-state index is -1.01. The Morgan fingerprint density at radius 3 is 2.25 bits per heavy atom. The maximum atomic E-state index is 12.2. The van der Waals surface area contributed by atoms with Crippen molar-refractivity contribution in [3.8, 4) is 5.75 Å². The SMILES string of the molecule is O=C(O)CC(CC(=O)Nc1cc(Cl)ccc1O)c1ccc(Cl)cc1. The first-order valence-electron chi connectivity index (χ1n) is 7.11. The fourth-order valence-corrected chi connectivity index (χ4v) is 2.59. The van der Waals surface area contributed by atoms with Gasteiger partial charge >= 0.3 is 5.97 Å². The summed E-state index contributed by atoms with van der Waals surface area (Å²) in [6, 6.07) is 11.0. The summed E-state index contributed by atoms with van der Waals surface area (Å²) in [5, 5.41) is 22.2. The first-order chi connectivity index (χ1) is 11.3. The van der Waals surface area contributed by atoms with Crippen molar-refractivity contribution in [3.05, 3.63) is 58.1 Å². The summed E-state index contributed by atoms with van der Waals surface area (Å²) in [5.41, 5.74) is 0.880. The van der Waals surface area contributed by atoms with Crippen LogP contribution >= 0.6 is 23.2 Å².